The smallest absolute Gasteiger partial charge is 0.107 e. The van der Waals surface area contributed by atoms with Crippen LogP contribution in [0.5, 0.6) is 0 Å². The van der Waals surface area contributed by atoms with Gasteiger partial charge in [-0.2, -0.15) is 0 Å². The molecule has 0 fully saturated rings. The number of rotatable bonds is 1. The molecule has 0 saturated carbocycles. The molecule has 0 bridgehead atoms. The zero-order chi connectivity index (χ0) is 9.42. The summed E-state index contributed by atoms with van der Waals surface area (Å²) >= 11 is 15.6. The van der Waals surface area contributed by atoms with E-state index in [4.69, 9.17) is 23.2 Å². The van der Waals surface area contributed by atoms with E-state index in [9.17, 15) is 0 Å². The van der Waals surface area contributed by atoms with Crippen molar-refractivity contribution in [2.75, 3.05) is 0 Å². The normalized spacial score (nSPS) is 11.0. The molecule has 0 radical (unpaired) electrons. The highest BCUT2D eigenvalue weighted by atomic mass is 127. The first-order valence-electron chi connectivity index (χ1n) is 3.65. The molecule has 4 heteroatoms. The van der Waals surface area contributed by atoms with Crippen molar-refractivity contribution >= 4 is 67.2 Å². The van der Waals surface area contributed by atoms with Crippen LogP contribution >= 0.6 is 57.1 Å². The molecular weight excluding hydrogens is 338 g/mol. The molecule has 0 spiro atoms. The van der Waals surface area contributed by atoms with Gasteiger partial charge in [0.2, 0.25) is 0 Å². The first-order chi connectivity index (χ1) is 6.22. The van der Waals surface area contributed by atoms with Gasteiger partial charge in [-0.05, 0) is 34.2 Å². The van der Waals surface area contributed by atoms with Crippen molar-refractivity contribution in [1.82, 2.24) is 0 Å². The van der Waals surface area contributed by atoms with Gasteiger partial charge in [-0.15, -0.1) is 22.9 Å². The fourth-order valence-corrected chi connectivity index (χ4v) is 3.55. The van der Waals surface area contributed by atoms with Crippen LogP contribution in [0.4, 0.5) is 0 Å². The average Bonchev–Trinajstić information content (AvgIpc) is 2.42. The third-order valence-corrected chi connectivity index (χ3v) is 5.28. The van der Waals surface area contributed by atoms with E-state index in [-0.39, 0.29) is 0 Å². The Balaban J connectivity index is 2.73. The Morgan fingerprint density at radius 3 is 2.85 bits per heavy atom. The largest absolute Gasteiger partial charge is 0.122 e. The first-order valence-corrected chi connectivity index (χ1v) is 6.45. The van der Waals surface area contributed by atoms with Crippen LogP contribution in [0.3, 0.4) is 0 Å². The summed E-state index contributed by atoms with van der Waals surface area (Å²) in [4.78, 5) is 0. The van der Waals surface area contributed by atoms with Crippen LogP contribution < -0.4 is 0 Å². The molecule has 0 saturated heterocycles. The van der Waals surface area contributed by atoms with Gasteiger partial charge in [-0.3, -0.25) is 0 Å². The van der Waals surface area contributed by atoms with E-state index in [0.29, 0.717) is 5.88 Å². The lowest BCUT2D eigenvalue weighted by molar-refractivity contribution is 1.43. The Bertz CT molecular complexity index is 450. The van der Waals surface area contributed by atoms with Gasteiger partial charge in [-0.25, -0.2) is 0 Å². The van der Waals surface area contributed by atoms with E-state index in [1.807, 2.05) is 6.07 Å². The van der Waals surface area contributed by atoms with Crippen LogP contribution in [-0.2, 0) is 5.88 Å². The summed E-state index contributed by atoms with van der Waals surface area (Å²) in [6.45, 7) is 0. The lowest BCUT2D eigenvalue weighted by Crippen LogP contribution is -1.75. The van der Waals surface area contributed by atoms with Crippen LogP contribution in [-0.4, -0.2) is 0 Å². The van der Waals surface area contributed by atoms with Crippen LogP contribution in [0.2, 0.25) is 4.34 Å². The molecule has 1 aromatic carbocycles. The van der Waals surface area contributed by atoms with Gasteiger partial charge < -0.3 is 0 Å². The quantitative estimate of drug-likeness (QED) is 0.511. The fourth-order valence-electron chi connectivity index (χ4n) is 1.16. The van der Waals surface area contributed by atoms with Crippen molar-refractivity contribution in [3.05, 3.63) is 31.7 Å². The monoisotopic (exact) mass is 342 g/mol. The molecule has 1 aromatic heterocycles. The Morgan fingerprint density at radius 2 is 2.15 bits per heavy atom. The third-order valence-electron chi connectivity index (χ3n) is 1.81. The Morgan fingerprint density at radius 1 is 1.38 bits per heavy atom. The number of hydrogen-bond donors (Lipinski definition) is 0. The molecule has 0 unspecified atom stereocenters. The lowest BCUT2D eigenvalue weighted by atomic mass is 10.2. The minimum Gasteiger partial charge on any atom is -0.122 e. The van der Waals surface area contributed by atoms with Crippen molar-refractivity contribution in [2.24, 2.45) is 0 Å². The van der Waals surface area contributed by atoms with Crippen LogP contribution in [0.25, 0.3) is 10.1 Å². The SMILES string of the molecule is ClCc1ccc2c(I)c(Cl)sc2c1. The fraction of sp³-hybridized carbons (Fsp3) is 0.111. The van der Waals surface area contributed by atoms with E-state index in [1.54, 1.807) is 11.3 Å². The predicted molar refractivity (Wildman–Crippen MR) is 69.1 cm³/mol. The molecule has 0 aliphatic carbocycles. The van der Waals surface area contributed by atoms with Crippen molar-refractivity contribution < 1.29 is 0 Å². The maximum atomic E-state index is 6.03. The Kier molecular flexibility index (Phi) is 3.03. The van der Waals surface area contributed by atoms with Crippen molar-refractivity contribution in [1.29, 1.82) is 0 Å². The van der Waals surface area contributed by atoms with E-state index in [0.717, 1.165) is 13.5 Å². The molecular formula is C9H5Cl2IS. The van der Waals surface area contributed by atoms with Crippen LogP contribution in [0.1, 0.15) is 5.56 Å². The lowest BCUT2D eigenvalue weighted by Gasteiger charge is -1.94. The number of thiophene rings is 1. The molecule has 0 aliphatic heterocycles. The second-order valence-corrected chi connectivity index (χ2v) is 5.65. The zero-order valence-electron chi connectivity index (χ0n) is 6.48. The van der Waals surface area contributed by atoms with E-state index in [2.05, 4.69) is 34.7 Å². The summed E-state index contributed by atoms with van der Waals surface area (Å²) in [6, 6.07) is 6.22. The van der Waals surface area contributed by atoms with Crippen molar-refractivity contribution in [3.63, 3.8) is 0 Å². The molecule has 68 valence electrons. The summed E-state index contributed by atoms with van der Waals surface area (Å²) in [5.41, 5.74) is 1.14. The van der Waals surface area contributed by atoms with Gasteiger partial charge in [0, 0.05) is 16.0 Å². The maximum Gasteiger partial charge on any atom is 0.107 e. The number of halogens is 3. The molecule has 0 nitrogen and oxygen atoms in total. The van der Waals surface area contributed by atoms with E-state index in [1.165, 1.54) is 10.1 Å². The van der Waals surface area contributed by atoms with Gasteiger partial charge >= 0.3 is 0 Å². The summed E-state index contributed by atoms with van der Waals surface area (Å²) < 4.78 is 3.22. The molecule has 0 atom stereocenters. The molecule has 0 aliphatic rings. The van der Waals surface area contributed by atoms with Crippen LogP contribution in [0, 0.1) is 3.57 Å². The van der Waals surface area contributed by atoms with E-state index >= 15 is 0 Å². The van der Waals surface area contributed by atoms with Crippen molar-refractivity contribution in [2.45, 2.75) is 5.88 Å². The molecule has 2 rings (SSSR count). The van der Waals surface area contributed by atoms with Gasteiger partial charge in [0.25, 0.3) is 0 Å². The highest BCUT2D eigenvalue weighted by Gasteiger charge is 2.07. The minimum absolute atomic E-state index is 0.558. The second-order valence-electron chi connectivity index (χ2n) is 2.65. The highest BCUT2D eigenvalue weighted by molar-refractivity contribution is 14.1. The Labute approximate surface area is 104 Å². The molecule has 13 heavy (non-hydrogen) atoms. The average molecular weight is 343 g/mol. The number of benzene rings is 1. The molecule has 2 aromatic rings. The second kappa shape index (κ2) is 3.93. The summed E-state index contributed by atoms with van der Waals surface area (Å²) in [6.07, 6.45) is 0. The third kappa shape index (κ3) is 1.82. The van der Waals surface area contributed by atoms with Gasteiger partial charge in [0.1, 0.15) is 4.34 Å². The van der Waals surface area contributed by atoms with Gasteiger partial charge in [-0.1, -0.05) is 23.7 Å². The van der Waals surface area contributed by atoms with E-state index < -0.39 is 0 Å². The Hall–Kier alpha value is 0.490. The molecule has 0 N–H and O–H groups in total. The molecule has 1 heterocycles. The summed E-state index contributed by atoms with van der Waals surface area (Å²) in [5, 5.41) is 1.23. The van der Waals surface area contributed by atoms with Gasteiger partial charge in [0.15, 0.2) is 0 Å². The maximum absolute atomic E-state index is 6.03. The topological polar surface area (TPSA) is 0 Å². The summed E-state index contributed by atoms with van der Waals surface area (Å²) in [7, 11) is 0. The highest BCUT2D eigenvalue weighted by Crippen LogP contribution is 2.36. The van der Waals surface area contributed by atoms with Gasteiger partial charge in [0.05, 0.1) is 3.57 Å². The standard InChI is InChI=1S/C9H5Cl2IS/c10-4-5-1-2-6-7(3-5)13-9(11)8(6)12/h1-3H,4H2. The zero-order valence-corrected chi connectivity index (χ0v) is 11.0. The minimum atomic E-state index is 0.558. The number of hydrogen-bond acceptors (Lipinski definition) is 1. The molecule has 0 amide bonds. The van der Waals surface area contributed by atoms with Crippen molar-refractivity contribution in [3.8, 4) is 0 Å². The van der Waals surface area contributed by atoms with Crippen LogP contribution in [0.15, 0.2) is 18.2 Å². The summed E-state index contributed by atoms with van der Waals surface area (Å²) in [5.74, 6) is 0.558. The first kappa shape index (κ1) is 10.0. The number of fused-ring (bicyclic) bond motifs is 1. The number of alkyl halides is 1. The predicted octanol–water partition coefficient (Wildman–Crippen LogP) is 4.90.